The second-order valence-corrected chi connectivity index (χ2v) is 9.25. The Morgan fingerprint density at radius 2 is 1.89 bits per heavy atom. The van der Waals surface area contributed by atoms with Gasteiger partial charge in [0.05, 0.1) is 6.04 Å². The zero-order valence-corrected chi connectivity index (χ0v) is 17.4. The van der Waals surface area contributed by atoms with E-state index in [2.05, 4.69) is 26.1 Å². The summed E-state index contributed by atoms with van der Waals surface area (Å²) >= 11 is 0. The number of hydrogen-bond acceptors (Lipinski definition) is 3. The summed E-state index contributed by atoms with van der Waals surface area (Å²) in [5.74, 6) is 0.579. The molecular weight excluding hydrogens is 352 g/mol. The fourth-order valence-corrected chi connectivity index (χ4v) is 4.14. The topological polar surface area (TPSA) is 61.8 Å². The monoisotopic (exact) mass is 380 g/mol. The molecule has 0 unspecified atom stereocenters. The number of urea groups is 1. The van der Waals surface area contributed by atoms with E-state index in [1.54, 1.807) is 11.0 Å². The smallest absolute Gasteiger partial charge is 0.325 e. The van der Waals surface area contributed by atoms with Crippen molar-refractivity contribution < 1.29 is 14.6 Å². The Balaban J connectivity index is 1.81. The number of aryl methyl sites for hydroxylation is 2. The van der Waals surface area contributed by atoms with Gasteiger partial charge in [-0.3, -0.25) is 4.90 Å². The lowest BCUT2D eigenvalue weighted by Gasteiger charge is -2.51. The number of hydrogen-bond donors (Lipinski definition) is 2. The number of nitrogens with one attached hydrogen (secondary N) is 1. The fraction of sp³-hybridized carbons (Fsp3) is 0.435. The van der Waals surface area contributed by atoms with Crippen LogP contribution < -0.4 is 15.0 Å². The number of phenols is 1. The molecule has 2 N–H and O–H groups in total. The number of rotatable bonds is 1. The molecule has 148 valence electrons. The Kier molecular flexibility index (Phi) is 3.93. The lowest BCUT2D eigenvalue weighted by Crippen LogP contribution is -2.65. The third-order valence-electron chi connectivity index (χ3n) is 5.97. The Bertz CT molecular complexity index is 977. The summed E-state index contributed by atoms with van der Waals surface area (Å²) in [4.78, 5) is 14.7. The van der Waals surface area contributed by atoms with Gasteiger partial charge in [0.25, 0.3) is 0 Å². The van der Waals surface area contributed by atoms with Crippen molar-refractivity contribution in [3.63, 3.8) is 0 Å². The minimum absolute atomic E-state index is 0.114. The maximum atomic E-state index is 13.1. The molecule has 2 aromatic rings. The van der Waals surface area contributed by atoms with Crippen molar-refractivity contribution in [3.8, 4) is 11.5 Å². The minimum atomic E-state index is -0.873. The van der Waals surface area contributed by atoms with Crippen molar-refractivity contribution in [1.82, 2.24) is 5.32 Å². The van der Waals surface area contributed by atoms with Crippen LogP contribution in [-0.4, -0.2) is 16.9 Å². The molecule has 2 amide bonds. The maximum absolute atomic E-state index is 13.1. The van der Waals surface area contributed by atoms with Gasteiger partial charge in [-0.1, -0.05) is 26.8 Å². The lowest BCUT2D eigenvalue weighted by atomic mass is 9.82. The van der Waals surface area contributed by atoms with E-state index >= 15 is 0 Å². The molecule has 1 fully saturated rings. The van der Waals surface area contributed by atoms with Crippen molar-refractivity contribution in [2.45, 2.75) is 65.1 Å². The summed E-state index contributed by atoms with van der Waals surface area (Å²) in [7, 11) is 0. The molecule has 2 bridgehead atoms. The Labute approximate surface area is 166 Å². The van der Waals surface area contributed by atoms with Crippen LogP contribution in [0.1, 0.15) is 62.4 Å². The Morgan fingerprint density at radius 3 is 2.54 bits per heavy atom. The predicted octanol–water partition coefficient (Wildman–Crippen LogP) is 5.08. The molecule has 5 nitrogen and oxygen atoms in total. The lowest BCUT2D eigenvalue weighted by molar-refractivity contribution is 0.0348. The van der Waals surface area contributed by atoms with Gasteiger partial charge in [0, 0.05) is 17.7 Å². The van der Waals surface area contributed by atoms with Crippen molar-refractivity contribution in [1.29, 1.82) is 0 Å². The van der Waals surface area contributed by atoms with Gasteiger partial charge < -0.3 is 15.2 Å². The molecule has 2 atom stereocenters. The predicted molar refractivity (Wildman–Crippen MR) is 110 cm³/mol. The third-order valence-corrected chi connectivity index (χ3v) is 5.97. The summed E-state index contributed by atoms with van der Waals surface area (Å²) in [6.45, 7) is 12.3. The molecule has 0 aromatic heterocycles. The van der Waals surface area contributed by atoms with E-state index in [4.69, 9.17) is 4.74 Å². The molecule has 0 aliphatic carbocycles. The van der Waals surface area contributed by atoms with Crippen LogP contribution in [0, 0.1) is 13.8 Å². The van der Waals surface area contributed by atoms with E-state index in [9.17, 15) is 9.90 Å². The van der Waals surface area contributed by atoms with Gasteiger partial charge in [-0.2, -0.15) is 0 Å². The van der Waals surface area contributed by atoms with Gasteiger partial charge in [0.1, 0.15) is 0 Å². The highest BCUT2D eigenvalue weighted by atomic mass is 16.5. The Hall–Kier alpha value is -2.69. The summed E-state index contributed by atoms with van der Waals surface area (Å²) in [5.41, 5.74) is 3.95. The molecule has 1 saturated heterocycles. The van der Waals surface area contributed by atoms with E-state index in [-0.39, 0.29) is 23.2 Å². The van der Waals surface area contributed by atoms with Crippen LogP contribution in [-0.2, 0) is 5.41 Å². The highest BCUT2D eigenvalue weighted by molar-refractivity contribution is 5.95. The molecule has 2 heterocycles. The summed E-state index contributed by atoms with van der Waals surface area (Å²) in [6.07, 6.45) is 0.603. The average molecular weight is 380 g/mol. The second-order valence-electron chi connectivity index (χ2n) is 9.25. The largest absolute Gasteiger partial charge is 0.504 e. The van der Waals surface area contributed by atoms with Gasteiger partial charge in [0.15, 0.2) is 17.2 Å². The number of aromatic hydroxyl groups is 1. The SMILES string of the molecule is Cc1ccc(N2C(=O)N[C@@H]3C[C@@]2(C)Oc2c(O)cc(C(C)(C)C)cc23)cc1C. The molecule has 0 radical (unpaired) electrons. The first-order valence-electron chi connectivity index (χ1n) is 9.74. The maximum Gasteiger partial charge on any atom is 0.325 e. The van der Waals surface area contributed by atoms with Crippen molar-refractivity contribution >= 4 is 11.7 Å². The van der Waals surface area contributed by atoms with E-state index in [0.717, 1.165) is 22.4 Å². The Morgan fingerprint density at radius 1 is 1.18 bits per heavy atom. The van der Waals surface area contributed by atoms with Crippen LogP contribution in [0.15, 0.2) is 30.3 Å². The van der Waals surface area contributed by atoms with Gasteiger partial charge in [0.2, 0.25) is 0 Å². The number of benzene rings is 2. The zero-order chi connectivity index (χ0) is 20.4. The van der Waals surface area contributed by atoms with E-state index in [1.165, 1.54) is 5.56 Å². The molecular formula is C23H28N2O3. The first-order valence-corrected chi connectivity index (χ1v) is 9.74. The van der Waals surface area contributed by atoms with Crippen LogP contribution in [0.25, 0.3) is 0 Å². The first kappa shape index (κ1) is 18.7. The number of carbonyl (C=O) groups excluding carboxylic acids is 1. The van der Waals surface area contributed by atoms with Crippen molar-refractivity contribution in [3.05, 3.63) is 52.6 Å². The number of amides is 2. The van der Waals surface area contributed by atoms with Crippen LogP contribution in [0.5, 0.6) is 11.5 Å². The number of nitrogens with zero attached hydrogens (tertiary/aromatic N) is 1. The van der Waals surface area contributed by atoms with Crippen LogP contribution >= 0.6 is 0 Å². The van der Waals surface area contributed by atoms with E-state index < -0.39 is 5.72 Å². The summed E-state index contributed by atoms with van der Waals surface area (Å²) in [6, 6.07) is 9.38. The number of anilines is 1. The molecule has 2 aromatic carbocycles. The van der Waals surface area contributed by atoms with Crippen LogP contribution in [0.2, 0.25) is 0 Å². The molecule has 5 heteroatoms. The third kappa shape index (κ3) is 2.81. The molecule has 0 saturated carbocycles. The average Bonchev–Trinajstić information content (AvgIpc) is 2.57. The molecule has 4 rings (SSSR count). The second kappa shape index (κ2) is 5.90. The normalized spacial score (nSPS) is 23.7. The van der Waals surface area contributed by atoms with Crippen LogP contribution in [0.3, 0.4) is 0 Å². The molecule has 2 aliphatic rings. The molecule has 28 heavy (non-hydrogen) atoms. The summed E-state index contributed by atoms with van der Waals surface area (Å²) in [5, 5.41) is 13.8. The molecule has 2 aliphatic heterocycles. The van der Waals surface area contributed by atoms with E-state index in [0.29, 0.717) is 12.2 Å². The van der Waals surface area contributed by atoms with Gasteiger partial charge in [-0.25, -0.2) is 4.79 Å². The highest BCUT2D eigenvalue weighted by Gasteiger charge is 2.50. The summed E-state index contributed by atoms with van der Waals surface area (Å²) < 4.78 is 6.31. The van der Waals surface area contributed by atoms with Gasteiger partial charge >= 0.3 is 6.03 Å². The quantitative estimate of drug-likeness (QED) is 0.725. The number of ether oxygens (including phenoxy) is 1. The molecule has 0 spiro atoms. The van der Waals surface area contributed by atoms with Crippen molar-refractivity contribution in [2.75, 3.05) is 4.90 Å². The standard InChI is InChI=1S/C23H28N2O3/c1-13-7-8-16(9-14(13)2)25-21(27)24-18-12-23(25,6)28-20-17(18)10-15(11-19(20)26)22(3,4)5/h7-11,18,26H,12H2,1-6H3,(H,24,27)/t18-,23-/m1/s1. The van der Waals surface area contributed by atoms with Gasteiger partial charge in [-0.05, 0) is 67.1 Å². The zero-order valence-electron chi connectivity index (χ0n) is 17.4. The highest BCUT2D eigenvalue weighted by Crippen LogP contribution is 2.50. The number of fused-ring (bicyclic) bond motifs is 4. The number of phenolic OH excluding ortho intramolecular Hbond substituents is 1. The van der Waals surface area contributed by atoms with Gasteiger partial charge in [-0.15, -0.1) is 0 Å². The van der Waals surface area contributed by atoms with Crippen molar-refractivity contribution in [2.24, 2.45) is 0 Å². The van der Waals surface area contributed by atoms with Crippen LogP contribution in [0.4, 0.5) is 10.5 Å². The van der Waals surface area contributed by atoms with E-state index in [1.807, 2.05) is 45.0 Å². The first-order chi connectivity index (χ1) is 13.0. The minimum Gasteiger partial charge on any atom is -0.504 e. The fourth-order valence-electron chi connectivity index (χ4n) is 4.14. The number of carbonyl (C=O) groups is 1.